The summed E-state index contributed by atoms with van der Waals surface area (Å²) in [7, 11) is 0. The molecule has 2 aliphatic heterocycles. The van der Waals surface area contributed by atoms with Crippen LogP contribution in [0.15, 0.2) is 35.3 Å². The van der Waals surface area contributed by atoms with Crippen LogP contribution in [0.25, 0.3) is 0 Å². The number of amides is 1. The molecule has 0 bridgehead atoms. The lowest BCUT2D eigenvalue weighted by atomic mass is 10.1. The summed E-state index contributed by atoms with van der Waals surface area (Å²) in [6.07, 6.45) is 0.482. The van der Waals surface area contributed by atoms with Crippen molar-refractivity contribution in [2.24, 2.45) is 4.99 Å². The van der Waals surface area contributed by atoms with E-state index in [4.69, 9.17) is 4.74 Å². The first-order valence-corrected chi connectivity index (χ1v) is 5.40. The second-order valence-corrected chi connectivity index (χ2v) is 3.97. The van der Waals surface area contributed by atoms with Crippen LogP contribution < -0.4 is 0 Å². The van der Waals surface area contributed by atoms with Gasteiger partial charge in [0.2, 0.25) is 0 Å². The maximum Gasteiger partial charge on any atom is 0.295 e. The monoisotopic (exact) mass is 216 g/mol. The van der Waals surface area contributed by atoms with E-state index in [-0.39, 0.29) is 11.9 Å². The molecule has 2 heterocycles. The summed E-state index contributed by atoms with van der Waals surface area (Å²) in [5.41, 5.74) is 1.21. The van der Waals surface area contributed by atoms with E-state index in [0.717, 1.165) is 0 Å². The number of amidine groups is 1. The zero-order valence-corrected chi connectivity index (χ0v) is 8.80. The zero-order chi connectivity index (χ0) is 11.0. The number of nitrogens with zero attached hydrogens (tertiary/aromatic N) is 2. The van der Waals surface area contributed by atoms with Crippen molar-refractivity contribution < 1.29 is 9.53 Å². The number of carbonyl (C=O) groups excluding carboxylic acids is 1. The average molecular weight is 216 g/mol. The Bertz CT molecular complexity index is 442. The van der Waals surface area contributed by atoms with Crippen molar-refractivity contribution in [1.29, 1.82) is 0 Å². The Morgan fingerprint density at radius 1 is 1.31 bits per heavy atom. The third kappa shape index (κ3) is 1.46. The van der Waals surface area contributed by atoms with Crippen LogP contribution in [0, 0.1) is 0 Å². The first-order valence-electron chi connectivity index (χ1n) is 5.40. The van der Waals surface area contributed by atoms with Crippen LogP contribution in [0.5, 0.6) is 0 Å². The minimum Gasteiger partial charge on any atom is -0.462 e. The fraction of sp³-hybridized carbons (Fsp3) is 0.333. The number of ether oxygens (including phenoxy) is 1. The van der Waals surface area contributed by atoms with Gasteiger partial charge >= 0.3 is 0 Å². The quantitative estimate of drug-likeness (QED) is 0.711. The van der Waals surface area contributed by atoms with E-state index in [9.17, 15) is 4.79 Å². The van der Waals surface area contributed by atoms with Gasteiger partial charge in [-0.25, -0.2) is 0 Å². The van der Waals surface area contributed by atoms with Crippen LogP contribution in [0.2, 0.25) is 0 Å². The fourth-order valence-corrected chi connectivity index (χ4v) is 2.14. The molecule has 4 heteroatoms. The second kappa shape index (κ2) is 3.63. The van der Waals surface area contributed by atoms with Gasteiger partial charge < -0.3 is 9.64 Å². The van der Waals surface area contributed by atoms with E-state index in [1.807, 2.05) is 18.2 Å². The molecular weight excluding hydrogens is 204 g/mol. The van der Waals surface area contributed by atoms with Crippen molar-refractivity contribution in [2.75, 3.05) is 13.2 Å². The van der Waals surface area contributed by atoms with Crippen molar-refractivity contribution in [3.8, 4) is 0 Å². The third-order valence-electron chi connectivity index (χ3n) is 2.96. The molecule has 1 saturated heterocycles. The Morgan fingerprint density at radius 2 is 2.12 bits per heavy atom. The predicted molar refractivity (Wildman–Crippen MR) is 58.9 cm³/mol. The summed E-state index contributed by atoms with van der Waals surface area (Å²) < 4.78 is 5.45. The molecule has 0 N–H and O–H groups in total. The van der Waals surface area contributed by atoms with Gasteiger partial charge in [-0.2, -0.15) is 4.99 Å². The van der Waals surface area contributed by atoms with Gasteiger partial charge in [0, 0.05) is 13.0 Å². The Kier molecular flexibility index (Phi) is 2.13. The molecule has 1 fully saturated rings. The summed E-state index contributed by atoms with van der Waals surface area (Å²) in [5, 5.41) is 0. The standard InChI is InChI=1S/C12H12N2O2/c15-11-6-7-14-10(8-16-12(14)13-11)9-4-2-1-3-5-9/h1-5,10H,6-8H2. The van der Waals surface area contributed by atoms with E-state index in [0.29, 0.717) is 25.6 Å². The Labute approximate surface area is 93.5 Å². The molecule has 2 aliphatic rings. The van der Waals surface area contributed by atoms with Crippen LogP contribution in [0.1, 0.15) is 18.0 Å². The highest BCUT2D eigenvalue weighted by atomic mass is 16.5. The number of aliphatic imine (C=N–C) groups is 1. The molecule has 0 aliphatic carbocycles. The first kappa shape index (κ1) is 9.39. The first-order chi connectivity index (χ1) is 7.84. The molecule has 0 saturated carbocycles. The summed E-state index contributed by atoms with van der Waals surface area (Å²) in [6, 6.07) is 10.9. The highest BCUT2D eigenvalue weighted by Crippen LogP contribution is 2.29. The van der Waals surface area contributed by atoms with Gasteiger partial charge in [-0.3, -0.25) is 4.79 Å². The van der Waals surface area contributed by atoms with Crippen LogP contribution in [-0.2, 0) is 9.53 Å². The van der Waals surface area contributed by atoms with Crippen molar-refractivity contribution in [1.82, 2.24) is 4.90 Å². The van der Waals surface area contributed by atoms with Gasteiger partial charge in [0.25, 0.3) is 11.9 Å². The summed E-state index contributed by atoms with van der Waals surface area (Å²) in [4.78, 5) is 17.1. The van der Waals surface area contributed by atoms with Crippen LogP contribution in [-0.4, -0.2) is 30.0 Å². The lowest BCUT2D eigenvalue weighted by molar-refractivity contribution is -0.118. The molecule has 1 amide bonds. The minimum atomic E-state index is -0.0834. The topological polar surface area (TPSA) is 41.9 Å². The normalized spacial score (nSPS) is 23.8. The lowest BCUT2D eigenvalue weighted by Crippen LogP contribution is -2.34. The second-order valence-electron chi connectivity index (χ2n) is 3.97. The van der Waals surface area contributed by atoms with Crippen molar-refractivity contribution in [2.45, 2.75) is 12.5 Å². The number of rotatable bonds is 1. The maximum absolute atomic E-state index is 11.2. The van der Waals surface area contributed by atoms with Gasteiger partial charge in [0.05, 0.1) is 6.04 Å². The largest absolute Gasteiger partial charge is 0.462 e. The zero-order valence-electron chi connectivity index (χ0n) is 8.80. The number of fused-ring (bicyclic) bond motifs is 1. The van der Waals surface area contributed by atoms with Gasteiger partial charge in [-0.05, 0) is 5.56 Å². The molecule has 0 radical (unpaired) electrons. The van der Waals surface area contributed by atoms with Gasteiger partial charge in [-0.15, -0.1) is 0 Å². The fourth-order valence-electron chi connectivity index (χ4n) is 2.14. The molecule has 1 atom stereocenters. The third-order valence-corrected chi connectivity index (χ3v) is 2.96. The summed E-state index contributed by atoms with van der Waals surface area (Å²) in [6.45, 7) is 1.29. The van der Waals surface area contributed by atoms with E-state index in [2.05, 4.69) is 22.0 Å². The molecule has 82 valence electrons. The maximum atomic E-state index is 11.2. The number of hydrogen-bond donors (Lipinski definition) is 0. The van der Waals surface area contributed by atoms with E-state index >= 15 is 0 Å². The van der Waals surface area contributed by atoms with Crippen molar-refractivity contribution in [3.05, 3.63) is 35.9 Å². The number of benzene rings is 1. The molecule has 3 rings (SSSR count). The number of hydrogen-bond acceptors (Lipinski definition) is 3. The molecular formula is C12H12N2O2. The van der Waals surface area contributed by atoms with Gasteiger partial charge in [0.15, 0.2) is 0 Å². The molecule has 1 aromatic rings. The smallest absolute Gasteiger partial charge is 0.295 e. The molecule has 0 spiro atoms. The lowest BCUT2D eigenvalue weighted by Gasteiger charge is -2.25. The molecule has 1 unspecified atom stereocenters. The van der Waals surface area contributed by atoms with E-state index in [1.54, 1.807) is 0 Å². The van der Waals surface area contributed by atoms with Crippen LogP contribution >= 0.6 is 0 Å². The molecule has 1 aromatic carbocycles. The van der Waals surface area contributed by atoms with Crippen molar-refractivity contribution >= 4 is 11.9 Å². The molecule has 16 heavy (non-hydrogen) atoms. The predicted octanol–water partition coefficient (Wildman–Crippen LogP) is 1.35. The highest BCUT2D eigenvalue weighted by Gasteiger charge is 2.35. The minimum absolute atomic E-state index is 0.0834. The SMILES string of the molecule is O=C1CCN2C(=N1)OCC2c1ccccc1. The van der Waals surface area contributed by atoms with Crippen molar-refractivity contribution in [3.63, 3.8) is 0 Å². The van der Waals surface area contributed by atoms with Gasteiger partial charge in [0.1, 0.15) is 6.61 Å². The summed E-state index contributed by atoms with van der Waals surface area (Å²) in [5.74, 6) is -0.0834. The molecule has 0 aromatic heterocycles. The number of carbonyl (C=O) groups is 1. The average Bonchev–Trinajstić information content (AvgIpc) is 2.73. The molecule has 4 nitrogen and oxygen atoms in total. The Balaban J connectivity index is 1.90. The Hall–Kier alpha value is -1.84. The van der Waals surface area contributed by atoms with E-state index in [1.165, 1.54) is 5.56 Å². The Morgan fingerprint density at radius 3 is 2.94 bits per heavy atom. The highest BCUT2D eigenvalue weighted by molar-refractivity contribution is 5.93. The van der Waals surface area contributed by atoms with Crippen LogP contribution in [0.4, 0.5) is 0 Å². The van der Waals surface area contributed by atoms with Crippen LogP contribution in [0.3, 0.4) is 0 Å². The summed E-state index contributed by atoms with van der Waals surface area (Å²) >= 11 is 0. The van der Waals surface area contributed by atoms with Gasteiger partial charge in [-0.1, -0.05) is 30.3 Å². The van der Waals surface area contributed by atoms with E-state index < -0.39 is 0 Å².